The van der Waals surface area contributed by atoms with E-state index in [9.17, 15) is 0 Å². The highest BCUT2D eigenvalue weighted by Gasteiger charge is 2.34. The summed E-state index contributed by atoms with van der Waals surface area (Å²) in [6.45, 7) is 4.72. The van der Waals surface area contributed by atoms with Gasteiger partial charge >= 0.3 is 0 Å². The van der Waals surface area contributed by atoms with Gasteiger partial charge in [0.25, 0.3) is 0 Å². The third-order valence-electron chi connectivity index (χ3n) is 12.5. The van der Waals surface area contributed by atoms with Crippen molar-refractivity contribution in [3.8, 4) is 27.9 Å². The molecule has 62 heavy (non-hydrogen) atoms. The summed E-state index contributed by atoms with van der Waals surface area (Å²) in [5.41, 5.74) is 14.5. The number of rotatable bonds is 6. The zero-order valence-electron chi connectivity index (χ0n) is 34.2. The molecule has 0 amide bonds. The summed E-state index contributed by atoms with van der Waals surface area (Å²) in [7, 11) is 0. The predicted molar refractivity (Wildman–Crippen MR) is 264 cm³/mol. The molecule has 0 atom stereocenters. The minimum atomic E-state index is -0.0839. The first-order chi connectivity index (χ1) is 30.5. The highest BCUT2D eigenvalue weighted by Crippen LogP contribution is 2.54. The van der Waals surface area contributed by atoms with Crippen LogP contribution >= 0.6 is 35.3 Å². The first kappa shape index (κ1) is 37.4. The monoisotopic (exact) mass is 848 g/mol. The largest absolute Gasteiger partial charge is 0.310 e. The molecule has 9 aromatic carbocycles. The predicted octanol–water partition coefficient (Wildman–Crippen LogP) is 17.0. The summed E-state index contributed by atoms with van der Waals surface area (Å²) in [5, 5.41) is 2.46. The van der Waals surface area contributed by atoms with Crippen LogP contribution in [0.1, 0.15) is 25.0 Å². The fraction of sp³-hybridized carbons (Fsp3) is 0.0526. The lowest BCUT2D eigenvalue weighted by molar-refractivity contribution is 0.608. The van der Waals surface area contributed by atoms with Crippen molar-refractivity contribution in [2.24, 2.45) is 0 Å². The van der Waals surface area contributed by atoms with Gasteiger partial charge in [-0.05, 0) is 118 Å². The molecule has 1 aromatic heterocycles. The number of hydrogen-bond donors (Lipinski definition) is 0. The number of aromatic nitrogens is 1. The highest BCUT2D eigenvalue weighted by atomic mass is 32.2. The van der Waals surface area contributed by atoms with Gasteiger partial charge in [0.1, 0.15) is 0 Å². The minimum Gasteiger partial charge on any atom is -0.310 e. The van der Waals surface area contributed by atoms with Crippen molar-refractivity contribution >= 4 is 74.2 Å². The molecule has 0 saturated heterocycles. The van der Waals surface area contributed by atoms with E-state index in [0.717, 1.165) is 22.7 Å². The Balaban J connectivity index is 0.978. The molecule has 0 aliphatic carbocycles. The van der Waals surface area contributed by atoms with Gasteiger partial charge in [0, 0.05) is 68.3 Å². The molecule has 0 bridgehead atoms. The lowest BCUT2D eigenvalue weighted by atomic mass is 9.77. The molecule has 0 fully saturated rings. The van der Waals surface area contributed by atoms with Crippen molar-refractivity contribution in [2.45, 2.75) is 48.6 Å². The Bertz CT molecular complexity index is 3350. The van der Waals surface area contributed by atoms with Crippen LogP contribution in [0, 0.1) is 0 Å². The lowest BCUT2D eigenvalue weighted by Gasteiger charge is -2.35. The topological polar surface area (TPSA) is 8.17 Å². The summed E-state index contributed by atoms with van der Waals surface area (Å²) in [6, 6.07) is 76.0. The fourth-order valence-corrected chi connectivity index (χ4v) is 13.4. The molecular formula is C57H40N2S3. The molecule has 5 heteroatoms. The SMILES string of the molecule is CC1(C)c2ccccc2Sc2c(-c3ccc(N(c4ccc(-c5cccc6c5Sc5ccccc5S6)cc4)c4ccc5c(c4)c4ccccc4n5-c4ccccc4)cc3)cccc21. The maximum absolute atomic E-state index is 2.41. The van der Waals surface area contributed by atoms with E-state index in [-0.39, 0.29) is 5.41 Å². The van der Waals surface area contributed by atoms with Gasteiger partial charge in [-0.25, -0.2) is 0 Å². The normalized spacial score (nSPS) is 13.6. The molecule has 0 radical (unpaired) electrons. The molecule has 0 N–H and O–H groups in total. The van der Waals surface area contributed by atoms with Crippen LogP contribution in [0.4, 0.5) is 17.1 Å². The van der Waals surface area contributed by atoms with Gasteiger partial charge in [-0.1, -0.05) is 170 Å². The van der Waals surface area contributed by atoms with Gasteiger partial charge in [-0.15, -0.1) is 0 Å². The molecule has 12 rings (SSSR count). The standard InChI is InChI=1S/C57H40N2S3/c1-57(2)47-19-7-9-22-51(47)61-55-43(17-12-20-48(55)57)37-26-30-40(31-27-37)58(42-34-35-50-46(36-42)45-16-6-8-21-49(45)59(50)39-14-4-3-5-15-39)41-32-28-38(29-33-41)44-18-13-25-54-56(44)62-53-24-11-10-23-52(53)60-54/h3-36H,1-2H3. The number of nitrogens with zero attached hydrogens (tertiary/aromatic N) is 2. The third kappa shape index (κ3) is 6.13. The molecule has 296 valence electrons. The zero-order chi connectivity index (χ0) is 41.4. The van der Waals surface area contributed by atoms with Crippen LogP contribution in [0.5, 0.6) is 0 Å². The quantitative estimate of drug-likeness (QED) is 0.165. The Kier molecular flexibility index (Phi) is 9.00. The number of para-hydroxylation sites is 2. The van der Waals surface area contributed by atoms with Crippen LogP contribution in [0.3, 0.4) is 0 Å². The molecule has 0 spiro atoms. The number of anilines is 3. The van der Waals surface area contributed by atoms with Crippen LogP contribution in [0.2, 0.25) is 0 Å². The Labute approximate surface area is 375 Å². The van der Waals surface area contributed by atoms with E-state index in [1.807, 2.05) is 35.3 Å². The van der Waals surface area contributed by atoms with Crippen LogP contribution in [-0.2, 0) is 5.41 Å². The fourth-order valence-electron chi connectivity index (χ4n) is 9.45. The first-order valence-electron chi connectivity index (χ1n) is 21.1. The second-order valence-corrected chi connectivity index (χ2v) is 19.7. The number of benzene rings is 9. The van der Waals surface area contributed by atoms with Crippen LogP contribution in [0.15, 0.2) is 236 Å². The van der Waals surface area contributed by atoms with Crippen molar-refractivity contribution < 1.29 is 0 Å². The number of fused-ring (bicyclic) bond motifs is 7. The first-order valence-corrected chi connectivity index (χ1v) is 23.5. The van der Waals surface area contributed by atoms with Crippen molar-refractivity contribution in [3.05, 3.63) is 217 Å². The zero-order valence-corrected chi connectivity index (χ0v) is 36.7. The highest BCUT2D eigenvalue weighted by molar-refractivity contribution is 8.05. The summed E-state index contributed by atoms with van der Waals surface area (Å²) in [6.07, 6.45) is 0. The molecular weight excluding hydrogens is 809 g/mol. The Hall–Kier alpha value is -6.37. The summed E-state index contributed by atoms with van der Waals surface area (Å²) in [5.74, 6) is 0. The van der Waals surface area contributed by atoms with Gasteiger partial charge in [0.2, 0.25) is 0 Å². The van der Waals surface area contributed by atoms with E-state index < -0.39 is 0 Å². The van der Waals surface area contributed by atoms with Crippen LogP contribution in [0.25, 0.3) is 49.7 Å². The summed E-state index contributed by atoms with van der Waals surface area (Å²) >= 11 is 5.65. The van der Waals surface area contributed by atoms with Gasteiger partial charge < -0.3 is 9.47 Å². The second-order valence-electron chi connectivity index (χ2n) is 16.5. The molecule has 0 saturated carbocycles. The second kappa shape index (κ2) is 14.9. The van der Waals surface area contributed by atoms with E-state index in [1.165, 1.54) is 84.6 Å². The van der Waals surface area contributed by atoms with Crippen LogP contribution < -0.4 is 4.90 Å². The molecule has 10 aromatic rings. The van der Waals surface area contributed by atoms with Gasteiger partial charge in [0.15, 0.2) is 0 Å². The average molecular weight is 849 g/mol. The lowest BCUT2D eigenvalue weighted by Crippen LogP contribution is -2.23. The molecule has 2 aliphatic rings. The Morgan fingerprint density at radius 2 is 0.919 bits per heavy atom. The number of hydrogen-bond acceptors (Lipinski definition) is 4. The van der Waals surface area contributed by atoms with Crippen molar-refractivity contribution in [2.75, 3.05) is 4.90 Å². The smallest absolute Gasteiger partial charge is 0.0542 e. The molecule has 2 aliphatic heterocycles. The van der Waals surface area contributed by atoms with Crippen LogP contribution in [-0.4, -0.2) is 4.57 Å². The van der Waals surface area contributed by atoms with E-state index >= 15 is 0 Å². The Morgan fingerprint density at radius 3 is 1.66 bits per heavy atom. The average Bonchev–Trinajstić information content (AvgIpc) is 3.65. The maximum Gasteiger partial charge on any atom is 0.0542 e. The van der Waals surface area contributed by atoms with E-state index in [0.29, 0.717) is 0 Å². The van der Waals surface area contributed by atoms with Gasteiger partial charge in [-0.3, -0.25) is 0 Å². The summed E-state index contributed by atoms with van der Waals surface area (Å²) < 4.78 is 2.38. The van der Waals surface area contributed by atoms with Crippen molar-refractivity contribution in [3.63, 3.8) is 0 Å². The maximum atomic E-state index is 2.41. The minimum absolute atomic E-state index is 0.0839. The molecule has 3 heterocycles. The summed E-state index contributed by atoms with van der Waals surface area (Å²) in [4.78, 5) is 10.4. The van der Waals surface area contributed by atoms with Gasteiger partial charge in [0.05, 0.1) is 11.0 Å². The Morgan fingerprint density at radius 1 is 0.387 bits per heavy atom. The molecule has 2 nitrogen and oxygen atoms in total. The molecule has 0 unspecified atom stereocenters. The van der Waals surface area contributed by atoms with Crippen molar-refractivity contribution in [1.29, 1.82) is 0 Å². The van der Waals surface area contributed by atoms with E-state index in [4.69, 9.17) is 0 Å². The van der Waals surface area contributed by atoms with Gasteiger partial charge in [-0.2, -0.15) is 0 Å². The van der Waals surface area contributed by atoms with E-state index in [1.54, 1.807) is 0 Å². The third-order valence-corrected chi connectivity index (χ3v) is 16.4. The van der Waals surface area contributed by atoms with E-state index in [2.05, 4.69) is 230 Å². The van der Waals surface area contributed by atoms with Crippen molar-refractivity contribution in [1.82, 2.24) is 4.57 Å².